The Bertz CT molecular complexity index is 829. The Morgan fingerprint density at radius 3 is 2.71 bits per heavy atom. The van der Waals surface area contributed by atoms with Gasteiger partial charge in [0.2, 0.25) is 0 Å². The molecule has 9 heteroatoms. The Labute approximate surface area is 145 Å². The second-order valence-corrected chi connectivity index (χ2v) is 8.89. The fourth-order valence-corrected chi connectivity index (χ4v) is 5.12. The van der Waals surface area contributed by atoms with Gasteiger partial charge >= 0.3 is 10.2 Å². The van der Waals surface area contributed by atoms with Gasteiger partial charge in [0.25, 0.3) is 11.1 Å². The zero-order valence-electron chi connectivity index (χ0n) is 13.7. The van der Waals surface area contributed by atoms with Crippen LogP contribution in [0, 0.1) is 5.92 Å². The maximum Gasteiger partial charge on any atom is 0.307 e. The van der Waals surface area contributed by atoms with Gasteiger partial charge in [0.1, 0.15) is 11.6 Å². The first-order valence-corrected chi connectivity index (χ1v) is 9.97. The molecule has 1 unspecified atom stereocenters. The number of hydrogen-bond donors (Lipinski definition) is 0. The highest BCUT2D eigenvalue weighted by atomic mass is 32.2. The molecule has 130 valence electrons. The van der Waals surface area contributed by atoms with Crippen molar-refractivity contribution in [1.29, 1.82) is 0 Å². The smallest absolute Gasteiger partial charge is 0.307 e. The summed E-state index contributed by atoms with van der Waals surface area (Å²) in [6.07, 6.45) is 0.499. The number of nitrogens with zero attached hydrogens (tertiary/aromatic N) is 3. The predicted molar refractivity (Wildman–Crippen MR) is 91.5 cm³/mol. The molecular formula is C15H19N3O4S2. The van der Waals surface area contributed by atoms with Gasteiger partial charge in [-0.2, -0.15) is 12.7 Å². The molecule has 2 heterocycles. The van der Waals surface area contributed by atoms with Crippen molar-refractivity contribution >= 4 is 39.0 Å². The van der Waals surface area contributed by atoms with Crippen molar-refractivity contribution in [2.24, 2.45) is 5.92 Å². The lowest BCUT2D eigenvalue weighted by Gasteiger charge is -2.16. The van der Waals surface area contributed by atoms with Gasteiger partial charge in [0, 0.05) is 7.05 Å². The number of amides is 1. The number of carbonyl (C=O) groups excluding carboxylic acids is 1. The first kappa shape index (κ1) is 17.2. The summed E-state index contributed by atoms with van der Waals surface area (Å²) in [5.41, 5.74) is 1.33. The van der Waals surface area contributed by atoms with Crippen LogP contribution in [0.2, 0.25) is 0 Å². The van der Waals surface area contributed by atoms with Crippen LogP contribution >= 0.6 is 11.8 Å². The number of aromatic nitrogens is 1. The highest BCUT2D eigenvalue weighted by Crippen LogP contribution is 2.30. The van der Waals surface area contributed by atoms with E-state index in [-0.39, 0.29) is 11.8 Å². The molecule has 1 atom stereocenters. The molecule has 1 aliphatic rings. The van der Waals surface area contributed by atoms with Gasteiger partial charge in [-0.15, -0.1) is 0 Å². The lowest BCUT2D eigenvalue weighted by molar-refractivity contribution is -0.127. The highest BCUT2D eigenvalue weighted by molar-refractivity contribution is 7.99. The first-order chi connectivity index (χ1) is 11.3. The van der Waals surface area contributed by atoms with E-state index in [1.807, 2.05) is 32.0 Å². The maximum absolute atomic E-state index is 12.5. The average Bonchev–Trinajstić information content (AvgIpc) is 2.99. The van der Waals surface area contributed by atoms with Gasteiger partial charge in [0.15, 0.2) is 5.58 Å². The van der Waals surface area contributed by atoms with Crippen LogP contribution in [0.5, 0.6) is 0 Å². The predicted octanol–water partition coefficient (Wildman–Crippen LogP) is 2.31. The number of benzene rings is 1. The molecule has 1 amide bonds. The molecule has 1 aromatic heterocycles. The van der Waals surface area contributed by atoms with Gasteiger partial charge < -0.3 is 4.42 Å². The van der Waals surface area contributed by atoms with E-state index >= 15 is 0 Å². The Morgan fingerprint density at radius 1 is 1.33 bits per heavy atom. The van der Waals surface area contributed by atoms with Gasteiger partial charge in [-0.05, 0) is 36.2 Å². The van der Waals surface area contributed by atoms with E-state index in [0.717, 1.165) is 20.4 Å². The standard InChI is InChI=1S/C15H19N3O4S2/c1-10(2)8-12-14(19)18(24(20,21)17(12)3)9-23-15-16-11-6-4-5-7-13(11)22-15/h4-7,10,12H,8-9H2,1-3H3. The van der Waals surface area contributed by atoms with Crippen LogP contribution in [-0.2, 0) is 15.0 Å². The van der Waals surface area contributed by atoms with E-state index in [1.165, 1.54) is 7.05 Å². The fourth-order valence-electron chi connectivity index (χ4n) is 2.60. The van der Waals surface area contributed by atoms with Crippen LogP contribution in [0.3, 0.4) is 0 Å². The van der Waals surface area contributed by atoms with Crippen LogP contribution in [0.15, 0.2) is 33.9 Å². The van der Waals surface area contributed by atoms with Crippen molar-refractivity contribution in [1.82, 2.24) is 13.6 Å². The molecule has 24 heavy (non-hydrogen) atoms. The Morgan fingerprint density at radius 2 is 2.04 bits per heavy atom. The fraction of sp³-hybridized carbons (Fsp3) is 0.467. The largest absolute Gasteiger partial charge is 0.431 e. The third-order valence-corrected chi connectivity index (χ3v) is 6.71. The van der Waals surface area contributed by atoms with Crippen molar-refractivity contribution in [2.75, 3.05) is 12.9 Å². The molecule has 1 aliphatic heterocycles. The van der Waals surface area contributed by atoms with E-state index in [9.17, 15) is 13.2 Å². The van der Waals surface area contributed by atoms with Crippen molar-refractivity contribution < 1.29 is 17.6 Å². The molecule has 1 fully saturated rings. The molecule has 2 aromatic rings. The Kier molecular flexibility index (Phi) is 4.58. The summed E-state index contributed by atoms with van der Waals surface area (Å²) in [6, 6.07) is 6.64. The number of likely N-dealkylation sites (N-methyl/N-ethyl adjacent to an activating group) is 1. The number of thioether (sulfide) groups is 1. The molecule has 0 N–H and O–H groups in total. The first-order valence-electron chi connectivity index (χ1n) is 7.58. The lowest BCUT2D eigenvalue weighted by atomic mass is 10.0. The topological polar surface area (TPSA) is 83.7 Å². The summed E-state index contributed by atoms with van der Waals surface area (Å²) in [5.74, 6) is -0.219. The molecular weight excluding hydrogens is 350 g/mol. The van der Waals surface area contributed by atoms with E-state index in [2.05, 4.69) is 4.98 Å². The molecule has 0 spiro atoms. The number of rotatable bonds is 5. The third kappa shape index (κ3) is 3.03. The minimum Gasteiger partial charge on any atom is -0.431 e. The summed E-state index contributed by atoms with van der Waals surface area (Å²) >= 11 is 1.09. The van der Waals surface area contributed by atoms with E-state index in [1.54, 1.807) is 6.07 Å². The minimum absolute atomic E-state index is 0.0487. The van der Waals surface area contributed by atoms with E-state index in [0.29, 0.717) is 22.7 Å². The van der Waals surface area contributed by atoms with Crippen molar-refractivity contribution in [3.8, 4) is 0 Å². The monoisotopic (exact) mass is 369 g/mol. The van der Waals surface area contributed by atoms with Gasteiger partial charge in [-0.3, -0.25) is 4.79 Å². The van der Waals surface area contributed by atoms with E-state index in [4.69, 9.17) is 4.42 Å². The van der Waals surface area contributed by atoms with Gasteiger partial charge in [-0.1, -0.05) is 26.0 Å². The van der Waals surface area contributed by atoms with Gasteiger partial charge in [0.05, 0.1) is 5.88 Å². The van der Waals surface area contributed by atoms with Crippen molar-refractivity contribution in [2.45, 2.75) is 31.5 Å². The molecule has 0 bridgehead atoms. The summed E-state index contributed by atoms with van der Waals surface area (Å²) in [5, 5.41) is 0.342. The molecule has 0 aliphatic carbocycles. The zero-order chi connectivity index (χ0) is 17.5. The van der Waals surface area contributed by atoms with E-state index < -0.39 is 22.2 Å². The normalized spacial score (nSPS) is 21.2. The van der Waals surface area contributed by atoms with Crippen molar-refractivity contribution in [3.05, 3.63) is 24.3 Å². The second kappa shape index (κ2) is 6.38. The number of para-hydroxylation sites is 2. The molecule has 0 radical (unpaired) electrons. The van der Waals surface area contributed by atoms with Crippen LogP contribution in [0.4, 0.5) is 0 Å². The van der Waals surface area contributed by atoms with Crippen LogP contribution < -0.4 is 0 Å². The third-order valence-electron chi connectivity index (χ3n) is 3.89. The van der Waals surface area contributed by atoms with Gasteiger partial charge in [-0.25, -0.2) is 9.29 Å². The molecule has 1 saturated heterocycles. The summed E-state index contributed by atoms with van der Waals surface area (Å²) in [7, 11) is -2.33. The average molecular weight is 369 g/mol. The number of carbonyl (C=O) groups is 1. The molecule has 3 rings (SSSR count). The molecule has 7 nitrogen and oxygen atoms in total. The highest BCUT2D eigenvalue weighted by Gasteiger charge is 2.48. The number of hydrogen-bond acceptors (Lipinski definition) is 6. The lowest BCUT2D eigenvalue weighted by Crippen LogP contribution is -2.32. The molecule has 0 saturated carbocycles. The quantitative estimate of drug-likeness (QED) is 0.752. The minimum atomic E-state index is -3.78. The Hall–Kier alpha value is -1.58. The number of fused-ring (bicyclic) bond motifs is 1. The van der Waals surface area contributed by atoms with Crippen LogP contribution in [0.25, 0.3) is 11.1 Å². The zero-order valence-corrected chi connectivity index (χ0v) is 15.3. The van der Waals surface area contributed by atoms with Crippen LogP contribution in [-0.4, -0.2) is 46.9 Å². The summed E-state index contributed by atoms with van der Waals surface area (Å²) in [6.45, 7) is 3.92. The second-order valence-electron chi connectivity index (χ2n) is 6.08. The maximum atomic E-state index is 12.5. The number of oxazole rings is 1. The summed E-state index contributed by atoms with van der Waals surface area (Å²) < 4.78 is 32.5. The Balaban J connectivity index is 1.77. The van der Waals surface area contributed by atoms with Crippen molar-refractivity contribution in [3.63, 3.8) is 0 Å². The SMILES string of the molecule is CC(C)CC1C(=O)N(CSc2nc3ccccc3o2)S(=O)(=O)N1C. The van der Waals surface area contributed by atoms with Crippen LogP contribution in [0.1, 0.15) is 20.3 Å². The molecule has 1 aromatic carbocycles. The summed E-state index contributed by atoms with van der Waals surface area (Å²) in [4.78, 5) is 16.8.